The van der Waals surface area contributed by atoms with Gasteiger partial charge in [0.2, 0.25) is 0 Å². The van der Waals surface area contributed by atoms with Gasteiger partial charge in [-0.05, 0) is 49.4 Å². The van der Waals surface area contributed by atoms with Crippen molar-refractivity contribution < 1.29 is 9.59 Å². The number of rotatable bonds is 5. The SMILES string of the molecule is Cc1ccc(SC2=C(N(C)c3ccccc3)C(=O)N(c3ccc(Cl)cc3Cl)C2=O)cc1. The molecule has 0 N–H and O–H groups in total. The van der Waals surface area contributed by atoms with Crippen LogP contribution in [-0.4, -0.2) is 18.9 Å². The largest absolute Gasteiger partial charge is 0.339 e. The van der Waals surface area contributed by atoms with E-state index in [1.165, 1.54) is 17.8 Å². The van der Waals surface area contributed by atoms with E-state index in [1.807, 2.05) is 61.5 Å². The second-order valence-electron chi connectivity index (χ2n) is 7.03. The van der Waals surface area contributed by atoms with Gasteiger partial charge in [-0.25, -0.2) is 4.90 Å². The van der Waals surface area contributed by atoms with Crippen molar-refractivity contribution in [2.45, 2.75) is 11.8 Å². The number of benzene rings is 3. The smallest absolute Gasteiger partial charge is 0.283 e. The Bertz CT molecular complexity index is 1190. The zero-order valence-corrected chi connectivity index (χ0v) is 19.1. The Morgan fingerprint density at radius 3 is 2.19 bits per heavy atom. The molecule has 0 bridgehead atoms. The van der Waals surface area contributed by atoms with Gasteiger partial charge in [-0.2, -0.15) is 0 Å². The molecule has 2 amide bonds. The second kappa shape index (κ2) is 8.79. The number of anilines is 2. The molecule has 0 aromatic heterocycles. The van der Waals surface area contributed by atoms with Crippen LogP contribution in [0.2, 0.25) is 10.0 Å². The first-order chi connectivity index (χ1) is 14.9. The summed E-state index contributed by atoms with van der Waals surface area (Å²) >= 11 is 13.6. The lowest BCUT2D eigenvalue weighted by Gasteiger charge is -2.21. The van der Waals surface area contributed by atoms with Crippen LogP contribution in [0.25, 0.3) is 0 Å². The first kappa shape index (κ1) is 21.5. The Morgan fingerprint density at radius 2 is 1.55 bits per heavy atom. The van der Waals surface area contributed by atoms with Crippen molar-refractivity contribution in [2.75, 3.05) is 16.8 Å². The fraction of sp³-hybridized carbons (Fsp3) is 0.0833. The van der Waals surface area contributed by atoms with Crippen LogP contribution in [0.5, 0.6) is 0 Å². The molecule has 7 heteroatoms. The van der Waals surface area contributed by atoms with Crippen molar-refractivity contribution in [1.29, 1.82) is 0 Å². The molecule has 0 fully saturated rings. The molecule has 1 heterocycles. The fourth-order valence-corrected chi connectivity index (χ4v) is 4.77. The maximum Gasteiger partial charge on any atom is 0.283 e. The standard InChI is InChI=1S/C24H18Cl2N2O2S/c1-15-8-11-18(12-9-15)31-22-21(27(2)17-6-4-3-5-7-17)23(29)28(24(22)30)20-13-10-16(25)14-19(20)26/h3-14H,1-2H3. The molecule has 31 heavy (non-hydrogen) atoms. The van der Waals surface area contributed by atoms with Gasteiger partial charge in [0.1, 0.15) is 10.6 Å². The molecule has 0 atom stereocenters. The molecule has 156 valence electrons. The topological polar surface area (TPSA) is 40.6 Å². The number of imide groups is 1. The van der Waals surface area contributed by atoms with Crippen molar-refractivity contribution >= 4 is 58.2 Å². The van der Waals surface area contributed by atoms with E-state index in [-0.39, 0.29) is 5.02 Å². The molecule has 4 nitrogen and oxygen atoms in total. The summed E-state index contributed by atoms with van der Waals surface area (Å²) in [5.41, 5.74) is 2.51. The molecule has 3 aromatic rings. The first-order valence-electron chi connectivity index (χ1n) is 9.48. The van der Waals surface area contributed by atoms with Gasteiger partial charge in [-0.1, -0.05) is 70.9 Å². The van der Waals surface area contributed by atoms with Gasteiger partial charge >= 0.3 is 0 Å². The summed E-state index contributed by atoms with van der Waals surface area (Å²) in [4.78, 5) is 31.1. The maximum absolute atomic E-state index is 13.5. The summed E-state index contributed by atoms with van der Waals surface area (Å²) in [5.74, 6) is -0.854. The number of para-hydroxylation sites is 1. The van der Waals surface area contributed by atoms with Gasteiger partial charge < -0.3 is 4.90 Å². The number of carbonyl (C=O) groups excluding carboxylic acids is 2. The summed E-state index contributed by atoms with van der Waals surface area (Å²) in [6.07, 6.45) is 0. The van der Waals surface area contributed by atoms with Crippen LogP contribution >= 0.6 is 35.0 Å². The van der Waals surface area contributed by atoms with E-state index in [9.17, 15) is 9.59 Å². The lowest BCUT2D eigenvalue weighted by Crippen LogP contribution is -2.34. The number of hydrogen-bond acceptors (Lipinski definition) is 4. The summed E-state index contributed by atoms with van der Waals surface area (Å²) < 4.78 is 0. The van der Waals surface area contributed by atoms with E-state index in [0.717, 1.165) is 21.0 Å². The van der Waals surface area contributed by atoms with E-state index in [1.54, 1.807) is 24.1 Å². The average Bonchev–Trinajstić information content (AvgIpc) is 2.99. The van der Waals surface area contributed by atoms with Crippen LogP contribution < -0.4 is 9.80 Å². The average molecular weight is 469 g/mol. The van der Waals surface area contributed by atoms with Crippen LogP contribution in [0.3, 0.4) is 0 Å². The van der Waals surface area contributed by atoms with Gasteiger partial charge in [0.05, 0.1) is 10.7 Å². The van der Waals surface area contributed by atoms with E-state index < -0.39 is 11.8 Å². The minimum atomic E-state index is -0.435. The Morgan fingerprint density at radius 1 is 0.871 bits per heavy atom. The van der Waals surface area contributed by atoms with Crippen LogP contribution in [0.1, 0.15) is 5.56 Å². The van der Waals surface area contributed by atoms with Gasteiger partial charge in [-0.15, -0.1) is 0 Å². The molecule has 0 aliphatic carbocycles. The predicted molar refractivity (Wildman–Crippen MR) is 128 cm³/mol. The number of aryl methyl sites for hydroxylation is 1. The number of thioether (sulfide) groups is 1. The zero-order chi connectivity index (χ0) is 22.1. The van der Waals surface area contributed by atoms with Crippen molar-refractivity contribution in [3.63, 3.8) is 0 Å². The van der Waals surface area contributed by atoms with Gasteiger partial charge in [-0.3, -0.25) is 9.59 Å². The van der Waals surface area contributed by atoms with E-state index in [0.29, 0.717) is 21.3 Å². The van der Waals surface area contributed by atoms with Crippen molar-refractivity contribution in [3.8, 4) is 0 Å². The molecule has 0 radical (unpaired) electrons. The number of carbonyl (C=O) groups is 2. The highest BCUT2D eigenvalue weighted by Crippen LogP contribution is 2.41. The molecule has 0 spiro atoms. The van der Waals surface area contributed by atoms with Crippen molar-refractivity contribution in [2.24, 2.45) is 0 Å². The highest BCUT2D eigenvalue weighted by Gasteiger charge is 2.42. The number of halogens is 2. The lowest BCUT2D eigenvalue weighted by atomic mass is 10.2. The second-order valence-corrected chi connectivity index (χ2v) is 8.96. The molecule has 4 rings (SSSR count). The summed E-state index contributed by atoms with van der Waals surface area (Å²) in [6.45, 7) is 2.00. The number of amides is 2. The molecule has 1 aliphatic rings. The van der Waals surface area contributed by atoms with E-state index >= 15 is 0 Å². The Kier molecular flexibility index (Phi) is 6.10. The lowest BCUT2D eigenvalue weighted by molar-refractivity contribution is -0.120. The van der Waals surface area contributed by atoms with Crippen LogP contribution in [0, 0.1) is 6.92 Å². The van der Waals surface area contributed by atoms with Crippen LogP contribution in [-0.2, 0) is 9.59 Å². The van der Waals surface area contributed by atoms with Crippen LogP contribution in [0.4, 0.5) is 11.4 Å². The molecular formula is C24H18Cl2N2O2S. The van der Waals surface area contributed by atoms with Gasteiger partial charge in [0.15, 0.2) is 0 Å². The molecule has 0 saturated carbocycles. The Hall–Kier alpha value is -2.73. The molecule has 3 aromatic carbocycles. The molecule has 1 aliphatic heterocycles. The van der Waals surface area contributed by atoms with Gasteiger partial charge in [0.25, 0.3) is 11.8 Å². The Balaban J connectivity index is 1.81. The number of nitrogens with zero attached hydrogens (tertiary/aromatic N) is 2. The number of likely N-dealkylation sites (N-methyl/N-ethyl adjacent to an activating group) is 1. The monoisotopic (exact) mass is 468 g/mol. The zero-order valence-electron chi connectivity index (χ0n) is 16.8. The first-order valence-corrected chi connectivity index (χ1v) is 11.1. The quantitative estimate of drug-likeness (QED) is 0.411. The number of hydrogen-bond donors (Lipinski definition) is 0. The molecule has 0 unspecified atom stereocenters. The van der Waals surface area contributed by atoms with E-state index in [4.69, 9.17) is 23.2 Å². The summed E-state index contributed by atoms with van der Waals surface area (Å²) in [5, 5.41) is 0.661. The minimum absolute atomic E-state index is 0.234. The maximum atomic E-state index is 13.5. The van der Waals surface area contributed by atoms with Crippen LogP contribution in [0.15, 0.2) is 88.3 Å². The predicted octanol–water partition coefficient (Wildman–Crippen LogP) is 6.32. The third kappa shape index (κ3) is 4.22. The summed E-state index contributed by atoms with van der Waals surface area (Å²) in [7, 11) is 1.78. The highest BCUT2D eigenvalue weighted by atomic mass is 35.5. The summed E-state index contributed by atoms with van der Waals surface area (Å²) in [6, 6.07) is 22.0. The van der Waals surface area contributed by atoms with Crippen molar-refractivity contribution in [3.05, 3.63) is 99.0 Å². The highest BCUT2D eigenvalue weighted by molar-refractivity contribution is 8.04. The normalized spacial score (nSPS) is 13.9. The molecular weight excluding hydrogens is 451 g/mol. The third-order valence-electron chi connectivity index (χ3n) is 4.89. The van der Waals surface area contributed by atoms with Gasteiger partial charge in [0, 0.05) is 22.7 Å². The van der Waals surface area contributed by atoms with E-state index in [2.05, 4.69) is 0 Å². The minimum Gasteiger partial charge on any atom is -0.339 e. The third-order valence-corrected chi connectivity index (χ3v) is 6.51. The van der Waals surface area contributed by atoms with Crippen molar-refractivity contribution in [1.82, 2.24) is 0 Å². The fourth-order valence-electron chi connectivity index (χ4n) is 3.27. The Labute approximate surface area is 195 Å². The molecule has 0 saturated heterocycles.